The van der Waals surface area contributed by atoms with Crippen molar-refractivity contribution in [1.29, 1.82) is 0 Å². The van der Waals surface area contributed by atoms with Crippen molar-refractivity contribution in [3.63, 3.8) is 0 Å². The fourth-order valence-electron chi connectivity index (χ4n) is 3.89. The van der Waals surface area contributed by atoms with Gasteiger partial charge in [0.15, 0.2) is 26.6 Å². The summed E-state index contributed by atoms with van der Waals surface area (Å²) in [7, 11) is -2.07. The van der Waals surface area contributed by atoms with Crippen LogP contribution in [-0.2, 0) is 33.0 Å². The van der Waals surface area contributed by atoms with Gasteiger partial charge < -0.3 is 18.6 Å². The Bertz CT molecular complexity index is 645. The number of hydrogen-bond acceptors (Lipinski definition) is 8. The zero-order valence-electron chi connectivity index (χ0n) is 18.8. The molecule has 2 aliphatic rings. The minimum Gasteiger partial charge on any atom is -0.457 e. The molecule has 8 nitrogen and oxygen atoms in total. The van der Waals surface area contributed by atoms with Crippen molar-refractivity contribution in [2.75, 3.05) is 13.1 Å². The average molecular weight is 430 g/mol. The minimum atomic E-state index is -2.07. The van der Waals surface area contributed by atoms with E-state index < -0.39 is 44.5 Å². The Hall–Kier alpha value is -1.45. The molecule has 2 fully saturated rings. The van der Waals surface area contributed by atoms with Crippen molar-refractivity contribution in [2.24, 2.45) is 0 Å². The SMILES string of the molecule is CC(=O)O[C@H]1[C@H](OC(C)=O)[C@@H](OC(C)=O)CN2CC[C@H](O[Si](C)(C)C(C)(C)C)[C@H]12. The Labute approximate surface area is 174 Å². The van der Waals surface area contributed by atoms with Crippen LogP contribution in [0.15, 0.2) is 0 Å². The number of esters is 3. The van der Waals surface area contributed by atoms with Crippen molar-refractivity contribution in [1.82, 2.24) is 4.90 Å². The lowest BCUT2D eigenvalue weighted by atomic mass is 9.92. The van der Waals surface area contributed by atoms with Crippen LogP contribution in [0.1, 0.15) is 48.0 Å². The maximum Gasteiger partial charge on any atom is 0.303 e. The molecule has 2 heterocycles. The zero-order valence-corrected chi connectivity index (χ0v) is 19.8. The first-order chi connectivity index (χ1) is 13.2. The van der Waals surface area contributed by atoms with Gasteiger partial charge in [-0.15, -0.1) is 0 Å². The lowest BCUT2D eigenvalue weighted by Gasteiger charge is -2.47. The molecular weight excluding hydrogens is 394 g/mol. The number of nitrogens with zero attached hydrogens (tertiary/aromatic N) is 1. The minimum absolute atomic E-state index is 0.0293. The summed E-state index contributed by atoms with van der Waals surface area (Å²) in [5, 5.41) is 0.0293. The molecule has 2 rings (SSSR count). The smallest absolute Gasteiger partial charge is 0.303 e. The van der Waals surface area contributed by atoms with E-state index in [4.69, 9.17) is 18.6 Å². The number of rotatable bonds is 5. The van der Waals surface area contributed by atoms with Gasteiger partial charge >= 0.3 is 17.9 Å². The van der Waals surface area contributed by atoms with Crippen LogP contribution in [0.5, 0.6) is 0 Å². The standard InChI is InChI=1S/C20H35NO7Si/c1-12(22)25-16-11-21-10-9-15(28-29(7,8)20(4,5)6)17(21)19(27-14(3)24)18(16)26-13(2)23/h15-19H,9-11H2,1-8H3/t15-,16-,17+,18+,19+/m0/s1. The van der Waals surface area contributed by atoms with E-state index in [0.717, 1.165) is 13.0 Å². The predicted molar refractivity (Wildman–Crippen MR) is 109 cm³/mol. The average Bonchev–Trinajstić information content (AvgIpc) is 2.90. The third kappa shape index (κ3) is 5.58. The van der Waals surface area contributed by atoms with E-state index >= 15 is 0 Å². The van der Waals surface area contributed by atoms with Crippen LogP contribution in [0.4, 0.5) is 0 Å². The highest BCUT2D eigenvalue weighted by Gasteiger charge is 2.56. The van der Waals surface area contributed by atoms with Gasteiger partial charge in [0.1, 0.15) is 0 Å². The van der Waals surface area contributed by atoms with Gasteiger partial charge in [-0.3, -0.25) is 19.3 Å². The molecule has 0 spiro atoms. The highest BCUT2D eigenvalue weighted by atomic mass is 28.4. The normalized spacial score (nSPS) is 30.4. The van der Waals surface area contributed by atoms with Crippen molar-refractivity contribution in [3.8, 4) is 0 Å². The summed E-state index contributed by atoms with van der Waals surface area (Å²) < 4.78 is 23.3. The van der Waals surface area contributed by atoms with E-state index in [1.54, 1.807) is 0 Å². The lowest BCUT2D eigenvalue weighted by molar-refractivity contribution is -0.204. The van der Waals surface area contributed by atoms with E-state index in [-0.39, 0.29) is 17.2 Å². The molecule has 9 heteroatoms. The summed E-state index contributed by atoms with van der Waals surface area (Å²) in [4.78, 5) is 37.4. The molecule has 166 valence electrons. The van der Waals surface area contributed by atoms with E-state index in [9.17, 15) is 14.4 Å². The van der Waals surface area contributed by atoms with Gasteiger partial charge in [0, 0.05) is 33.9 Å². The first kappa shape index (κ1) is 23.8. The third-order valence-electron chi connectivity index (χ3n) is 6.12. The number of carbonyl (C=O) groups is 3. The van der Waals surface area contributed by atoms with Crippen LogP contribution in [-0.4, -0.2) is 74.7 Å². The van der Waals surface area contributed by atoms with E-state index in [1.807, 2.05) is 0 Å². The lowest BCUT2D eigenvalue weighted by Crippen LogP contribution is -2.65. The first-order valence-corrected chi connectivity index (χ1v) is 13.1. The van der Waals surface area contributed by atoms with Crippen LogP contribution in [0.25, 0.3) is 0 Å². The number of ether oxygens (including phenoxy) is 3. The Morgan fingerprint density at radius 3 is 1.86 bits per heavy atom. The Morgan fingerprint density at radius 1 is 0.862 bits per heavy atom. The molecule has 5 atom stereocenters. The molecule has 0 aromatic rings. The van der Waals surface area contributed by atoms with Crippen LogP contribution in [0.3, 0.4) is 0 Å². The molecule has 0 aliphatic carbocycles. The Balaban J connectivity index is 2.37. The molecule has 2 aliphatic heterocycles. The first-order valence-electron chi connectivity index (χ1n) is 10.2. The number of hydrogen-bond donors (Lipinski definition) is 0. The fourth-order valence-corrected chi connectivity index (χ4v) is 5.25. The molecule has 0 saturated carbocycles. The van der Waals surface area contributed by atoms with E-state index in [0.29, 0.717) is 6.54 Å². The summed E-state index contributed by atoms with van der Waals surface area (Å²) in [6, 6.07) is -0.260. The van der Waals surface area contributed by atoms with Gasteiger partial charge in [-0.25, -0.2) is 0 Å². The second kappa shape index (κ2) is 8.73. The summed E-state index contributed by atoms with van der Waals surface area (Å²) in [5.41, 5.74) is 0. The molecule has 0 amide bonds. The van der Waals surface area contributed by atoms with Gasteiger partial charge in [0.25, 0.3) is 0 Å². The summed E-state index contributed by atoms with van der Waals surface area (Å²) >= 11 is 0. The molecule has 0 bridgehead atoms. The highest BCUT2D eigenvalue weighted by Crippen LogP contribution is 2.41. The van der Waals surface area contributed by atoms with Crippen molar-refractivity contribution in [3.05, 3.63) is 0 Å². The predicted octanol–water partition coefficient (Wildman–Crippen LogP) is 2.26. The van der Waals surface area contributed by atoms with Crippen LogP contribution >= 0.6 is 0 Å². The van der Waals surface area contributed by atoms with Crippen molar-refractivity contribution < 1.29 is 33.0 Å². The highest BCUT2D eigenvalue weighted by molar-refractivity contribution is 6.74. The monoisotopic (exact) mass is 429 g/mol. The third-order valence-corrected chi connectivity index (χ3v) is 10.6. The summed E-state index contributed by atoms with van der Waals surface area (Å²) in [6.45, 7) is 16.0. The summed E-state index contributed by atoms with van der Waals surface area (Å²) in [5.74, 6) is -1.47. The van der Waals surface area contributed by atoms with Gasteiger partial charge in [0.2, 0.25) is 0 Å². The van der Waals surface area contributed by atoms with Crippen molar-refractivity contribution >= 4 is 26.2 Å². The fraction of sp³-hybridized carbons (Fsp3) is 0.850. The van der Waals surface area contributed by atoms with E-state index in [1.165, 1.54) is 20.8 Å². The maximum atomic E-state index is 11.9. The van der Waals surface area contributed by atoms with Crippen LogP contribution < -0.4 is 0 Å². The van der Waals surface area contributed by atoms with Crippen LogP contribution in [0, 0.1) is 0 Å². The second-order valence-corrected chi connectivity index (χ2v) is 14.2. The van der Waals surface area contributed by atoms with Gasteiger partial charge in [-0.05, 0) is 24.6 Å². The molecular formula is C20H35NO7Si. The van der Waals surface area contributed by atoms with Gasteiger partial charge in [-0.1, -0.05) is 20.8 Å². The Morgan fingerprint density at radius 2 is 1.38 bits per heavy atom. The molecule has 0 aromatic heterocycles. The maximum absolute atomic E-state index is 11.9. The number of fused-ring (bicyclic) bond motifs is 1. The van der Waals surface area contributed by atoms with E-state index in [2.05, 4.69) is 38.8 Å². The van der Waals surface area contributed by atoms with Gasteiger partial charge in [-0.2, -0.15) is 0 Å². The Kier molecular flexibility index (Phi) is 7.17. The topological polar surface area (TPSA) is 91.4 Å². The summed E-state index contributed by atoms with van der Waals surface area (Å²) in [6.07, 6.45) is -1.73. The second-order valence-electron chi connectivity index (χ2n) is 9.49. The molecule has 0 aromatic carbocycles. The van der Waals surface area contributed by atoms with Crippen molar-refractivity contribution in [2.45, 2.75) is 96.6 Å². The van der Waals surface area contributed by atoms with Crippen LogP contribution in [0.2, 0.25) is 18.1 Å². The molecule has 2 saturated heterocycles. The quantitative estimate of drug-likeness (QED) is 0.373. The molecule has 0 N–H and O–H groups in total. The largest absolute Gasteiger partial charge is 0.457 e. The molecule has 0 unspecified atom stereocenters. The molecule has 0 radical (unpaired) electrons. The number of piperidine rings is 1. The molecule has 29 heavy (non-hydrogen) atoms. The number of carbonyl (C=O) groups excluding carboxylic acids is 3. The van der Waals surface area contributed by atoms with Gasteiger partial charge in [0.05, 0.1) is 12.1 Å². The zero-order chi connectivity index (χ0) is 22.1.